The first-order chi connectivity index (χ1) is 6.20. The van der Waals surface area contributed by atoms with Crippen LogP contribution < -0.4 is 5.73 Å². The number of aryl methyl sites for hydroxylation is 1. The summed E-state index contributed by atoms with van der Waals surface area (Å²) in [4.78, 5) is 0. The molecule has 0 aliphatic carbocycles. The Morgan fingerprint density at radius 2 is 2.31 bits per heavy atom. The molecular weight excluding hydrogens is 186 g/mol. The van der Waals surface area contributed by atoms with E-state index in [4.69, 9.17) is 22.1 Å². The molecule has 3 heteroatoms. The number of ether oxygens (including phenoxy) is 1. The summed E-state index contributed by atoms with van der Waals surface area (Å²) in [6.45, 7) is 3.18. The predicted octanol–water partition coefficient (Wildman–Crippen LogP) is 2.18. The van der Waals surface area contributed by atoms with Crippen molar-refractivity contribution in [3.05, 3.63) is 33.8 Å². The largest absolute Gasteiger partial charge is 0.375 e. The second-order valence-corrected chi connectivity index (χ2v) is 3.77. The quantitative estimate of drug-likeness (QED) is 0.692. The van der Waals surface area contributed by atoms with Gasteiger partial charge < -0.3 is 10.5 Å². The molecular formula is C10H12ClNO. The highest BCUT2D eigenvalue weighted by Gasteiger charge is 2.20. The molecule has 70 valence electrons. The Morgan fingerprint density at radius 3 is 3.08 bits per heavy atom. The molecule has 0 spiro atoms. The topological polar surface area (TPSA) is 35.2 Å². The van der Waals surface area contributed by atoms with E-state index < -0.39 is 0 Å². The van der Waals surface area contributed by atoms with Crippen LogP contribution in [0, 0.1) is 6.92 Å². The summed E-state index contributed by atoms with van der Waals surface area (Å²) in [5, 5.41) is 0.799. The van der Waals surface area contributed by atoms with E-state index in [-0.39, 0.29) is 6.04 Å². The maximum atomic E-state index is 6.17. The van der Waals surface area contributed by atoms with Gasteiger partial charge in [0.25, 0.3) is 0 Å². The van der Waals surface area contributed by atoms with Gasteiger partial charge in [-0.05, 0) is 23.6 Å². The Morgan fingerprint density at radius 1 is 1.54 bits per heavy atom. The van der Waals surface area contributed by atoms with Gasteiger partial charge in [0.2, 0.25) is 0 Å². The summed E-state index contributed by atoms with van der Waals surface area (Å²) in [5.74, 6) is 0. The molecule has 1 aliphatic heterocycles. The maximum absolute atomic E-state index is 6.17. The van der Waals surface area contributed by atoms with E-state index in [0.717, 1.165) is 21.7 Å². The van der Waals surface area contributed by atoms with Crippen LogP contribution in [0.15, 0.2) is 12.1 Å². The Bertz CT molecular complexity index is 338. The normalized spacial score (nSPS) is 21.3. The van der Waals surface area contributed by atoms with Crippen LogP contribution in [-0.2, 0) is 11.3 Å². The molecule has 13 heavy (non-hydrogen) atoms. The fraction of sp³-hybridized carbons (Fsp3) is 0.400. The van der Waals surface area contributed by atoms with Crippen molar-refractivity contribution in [2.24, 2.45) is 5.73 Å². The second kappa shape index (κ2) is 3.29. The zero-order valence-corrected chi connectivity index (χ0v) is 8.27. The van der Waals surface area contributed by atoms with Crippen molar-refractivity contribution >= 4 is 11.6 Å². The van der Waals surface area contributed by atoms with Crippen molar-refractivity contribution in [1.29, 1.82) is 0 Å². The van der Waals surface area contributed by atoms with Crippen LogP contribution in [0.3, 0.4) is 0 Å². The fourth-order valence-electron chi connectivity index (χ4n) is 1.65. The first-order valence-electron chi connectivity index (χ1n) is 4.31. The van der Waals surface area contributed by atoms with Gasteiger partial charge in [0.15, 0.2) is 0 Å². The third-order valence-electron chi connectivity index (χ3n) is 2.39. The number of hydrogen-bond acceptors (Lipinski definition) is 2. The standard InChI is InChI=1S/C10H12ClNO/c1-6-2-3-7-4-13-5-8(12)9(7)10(6)11/h2-3,8H,4-5,12H2,1H3. The number of nitrogens with two attached hydrogens (primary N) is 1. The third-order valence-corrected chi connectivity index (χ3v) is 2.89. The van der Waals surface area contributed by atoms with E-state index in [1.165, 1.54) is 0 Å². The summed E-state index contributed by atoms with van der Waals surface area (Å²) in [5.41, 5.74) is 9.17. The first-order valence-corrected chi connectivity index (χ1v) is 4.69. The van der Waals surface area contributed by atoms with Crippen LogP contribution in [0.25, 0.3) is 0 Å². The van der Waals surface area contributed by atoms with E-state index in [9.17, 15) is 0 Å². The molecule has 1 aliphatic rings. The van der Waals surface area contributed by atoms with Crippen molar-refractivity contribution in [2.75, 3.05) is 6.61 Å². The molecule has 1 atom stereocenters. The van der Waals surface area contributed by atoms with Gasteiger partial charge in [-0.25, -0.2) is 0 Å². The zero-order valence-electron chi connectivity index (χ0n) is 7.51. The fourth-order valence-corrected chi connectivity index (χ4v) is 1.97. The van der Waals surface area contributed by atoms with Crippen molar-refractivity contribution in [3.63, 3.8) is 0 Å². The van der Waals surface area contributed by atoms with Gasteiger partial charge in [-0.2, -0.15) is 0 Å². The molecule has 2 nitrogen and oxygen atoms in total. The van der Waals surface area contributed by atoms with E-state index in [2.05, 4.69) is 0 Å². The highest BCUT2D eigenvalue weighted by Crippen LogP contribution is 2.32. The van der Waals surface area contributed by atoms with Crippen molar-refractivity contribution in [1.82, 2.24) is 0 Å². The Labute approximate surface area is 82.6 Å². The third kappa shape index (κ3) is 1.46. The van der Waals surface area contributed by atoms with Crippen molar-refractivity contribution in [2.45, 2.75) is 19.6 Å². The molecule has 0 radical (unpaired) electrons. The molecule has 0 saturated carbocycles. The maximum Gasteiger partial charge on any atom is 0.0721 e. The molecule has 0 saturated heterocycles. The van der Waals surface area contributed by atoms with Crippen LogP contribution in [-0.4, -0.2) is 6.61 Å². The Kier molecular flexibility index (Phi) is 2.28. The minimum Gasteiger partial charge on any atom is -0.375 e. The number of halogens is 1. The Hall–Kier alpha value is -0.570. The molecule has 1 aromatic carbocycles. The average molecular weight is 198 g/mol. The van der Waals surface area contributed by atoms with Gasteiger partial charge in [0.05, 0.1) is 19.3 Å². The van der Waals surface area contributed by atoms with E-state index in [1.54, 1.807) is 0 Å². The summed E-state index contributed by atoms with van der Waals surface area (Å²) >= 11 is 6.17. The lowest BCUT2D eigenvalue weighted by molar-refractivity contribution is 0.0924. The molecule has 0 amide bonds. The van der Waals surface area contributed by atoms with Crippen LogP contribution in [0.1, 0.15) is 22.7 Å². The molecule has 0 aromatic heterocycles. The predicted molar refractivity (Wildman–Crippen MR) is 52.8 cm³/mol. The van der Waals surface area contributed by atoms with E-state index in [1.807, 2.05) is 19.1 Å². The average Bonchev–Trinajstić information content (AvgIpc) is 2.12. The summed E-state index contributed by atoms with van der Waals surface area (Å²) < 4.78 is 5.32. The minimum atomic E-state index is -0.0730. The lowest BCUT2D eigenvalue weighted by Gasteiger charge is -2.24. The van der Waals surface area contributed by atoms with Crippen LogP contribution in [0.4, 0.5) is 0 Å². The molecule has 0 fully saturated rings. The number of rotatable bonds is 0. The Balaban J connectivity index is 2.58. The summed E-state index contributed by atoms with van der Waals surface area (Å²) in [7, 11) is 0. The molecule has 0 bridgehead atoms. The lowest BCUT2D eigenvalue weighted by atomic mass is 9.97. The molecule has 2 rings (SSSR count). The summed E-state index contributed by atoms with van der Waals surface area (Å²) in [6.07, 6.45) is 0. The first kappa shape index (κ1) is 9.00. The lowest BCUT2D eigenvalue weighted by Crippen LogP contribution is -2.24. The van der Waals surface area contributed by atoms with E-state index >= 15 is 0 Å². The molecule has 1 unspecified atom stereocenters. The molecule has 1 aromatic rings. The highest BCUT2D eigenvalue weighted by molar-refractivity contribution is 6.32. The molecule has 2 N–H and O–H groups in total. The second-order valence-electron chi connectivity index (χ2n) is 3.39. The van der Waals surface area contributed by atoms with Gasteiger partial charge in [0.1, 0.15) is 0 Å². The minimum absolute atomic E-state index is 0.0730. The van der Waals surface area contributed by atoms with Gasteiger partial charge in [-0.3, -0.25) is 0 Å². The van der Waals surface area contributed by atoms with Crippen LogP contribution >= 0.6 is 11.6 Å². The molecule has 1 heterocycles. The van der Waals surface area contributed by atoms with Gasteiger partial charge in [0, 0.05) is 5.02 Å². The van der Waals surface area contributed by atoms with Crippen LogP contribution in [0.2, 0.25) is 5.02 Å². The number of hydrogen-bond donors (Lipinski definition) is 1. The van der Waals surface area contributed by atoms with E-state index in [0.29, 0.717) is 13.2 Å². The summed E-state index contributed by atoms with van der Waals surface area (Å²) in [6, 6.07) is 3.97. The van der Waals surface area contributed by atoms with Crippen molar-refractivity contribution in [3.8, 4) is 0 Å². The monoisotopic (exact) mass is 197 g/mol. The van der Waals surface area contributed by atoms with Gasteiger partial charge >= 0.3 is 0 Å². The van der Waals surface area contributed by atoms with Crippen molar-refractivity contribution < 1.29 is 4.74 Å². The SMILES string of the molecule is Cc1ccc2c(c1Cl)C(N)COC2. The van der Waals surface area contributed by atoms with Gasteiger partial charge in [-0.15, -0.1) is 0 Å². The zero-order chi connectivity index (χ0) is 9.42. The smallest absolute Gasteiger partial charge is 0.0721 e. The number of fused-ring (bicyclic) bond motifs is 1. The van der Waals surface area contributed by atoms with Gasteiger partial charge in [-0.1, -0.05) is 23.7 Å². The number of benzene rings is 1. The highest BCUT2D eigenvalue weighted by atomic mass is 35.5. The van der Waals surface area contributed by atoms with Crippen LogP contribution in [0.5, 0.6) is 0 Å².